The van der Waals surface area contributed by atoms with E-state index in [1.807, 2.05) is 12.1 Å². The minimum atomic E-state index is 0.0888. The maximum Gasteiger partial charge on any atom is 0.0698 e. The molecular formula is C12H19NO2. The summed E-state index contributed by atoms with van der Waals surface area (Å²) in [5.41, 5.74) is 2.49. The molecule has 0 aliphatic heterocycles. The van der Waals surface area contributed by atoms with Gasteiger partial charge in [0.05, 0.1) is 19.8 Å². The quantitative estimate of drug-likeness (QED) is 0.671. The van der Waals surface area contributed by atoms with Crippen molar-refractivity contribution in [2.45, 2.75) is 13.3 Å². The number of aliphatic hydroxyl groups is 1. The van der Waals surface area contributed by atoms with E-state index >= 15 is 0 Å². The Morgan fingerprint density at radius 2 is 2.07 bits per heavy atom. The van der Waals surface area contributed by atoms with Crippen LogP contribution in [0.4, 0.5) is 5.69 Å². The number of nitrogens with one attached hydrogen (secondary N) is 1. The van der Waals surface area contributed by atoms with E-state index in [1.165, 1.54) is 11.3 Å². The van der Waals surface area contributed by atoms with Crippen LogP contribution >= 0.6 is 0 Å². The van der Waals surface area contributed by atoms with Crippen LogP contribution in [0.1, 0.15) is 12.5 Å². The molecule has 1 rings (SSSR count). The first-order chi connectivity index (χ1) is 7.38. The van der Waals surface area contributed by atoms with Crippen molar-refractivity contribution in [1.29, 1.82) is 0 Å². The van der Waals surface area contributed by atoms with Crippen molar-refractivity contribution in [2.24, 2.45) is 0 Å². The highest BCUT2D eigenvalue weighted by Gasteiger charge is 1.97. The smallest absolute Gasteiger partial charge is 0.0698 e. The van der Waals surface area contributed by atoms with Gasteiger partial charge in [0.15, 0.2) is 0 Å². The molecule has 0 heterocycles. The summed E-state index contributed by atoms with van der Waals surface area (Å²) in [5, 5.41) is 11.8. The van der Waals surface area contributed by atoms with Crippen LogP contribution < -0.4 is 5.32 Å². The molecule has 0 amide bonds. The van der Waals surface area contributed by atoms with Crippen LogP contribution in [0.15, 0.2) is 24.3 Å². The number of para-hydroxylation sites is 1. The minimum Gasteiger partial charge on any atom is -0.394 e. The van der Waals surface area contributed by atoms with E-state index in [4.69, 9.17) is 9.84 Å². The van der Waals surface area contributed by atoms with Crippen molar-refractivity contribution in [2.75, 3.05) is 31.7 Å². The van der Waals surface area contributed by atoms with E-state index in [1.54, 1.807) is 0 Å². The average molecular weight is 209 g/mol. The molecule has 0 fully saturated rings. The Balaban J connectivity index is 2.30. The number of benzene rings is 1. The van der Waals surface area contributed by atoms with E-state index in [0.717, 1.165) is 13.0 Å². The van der Waals surface area contributed by atoms with Gasteiger partial charge in [0.25, 0.3) is 0 Å². The maximum absolute atomic E-state index is 8.52. The zero-order chi connectivity index (χ0) is 10.9. The third-order valence-electron chi connectivity index (χ3n) is 2.20. The summed E-state index contributed by atoms with van der Waals surface area (Å²) in [6.45, 7) is 4.04. The fourth-order valence-corrected chi connectivity index (χ4v) is 1.43. The number of aliphatic hydroxyl groups excluding tert-OH is 1. The van der Waals surface area contributed by atoms with Crippen LogP contribution in [-0.4, -0.2) is 31.5 Å². The molecule has 0 bridgehead atoms. The van der Waals surface area contributed by atoms with E-state index in [9.17, 15) is 0 Å². The van der Waals surface area contributed by atoms with Crippen LogP contribution in [0, 0.1) is 0 Å². The fourth-order valence-electron chi connectivity index (χ4n) is 1.43. The van der Waals surface area contributed by atoms with Crippen molar-refractivity contribution in [3.05, 3.63) is 29.8 Å². The normalized spacial score (nSPS) is 10.3. The second-order valence-electron chi connectivity index (χ2n) is 3.27. The summed E-state index contributed by atoms with van der Waals surface area (Å²) in [7, 11) is 0. The Labute approximate surface area is 91.1 Å². The van der Waals surface area contributed by atoms with E-state index in [0.29, 0.717) is 13.2 Å². The SMILES string of the molecule is CCc1ccccc1NCCOCCO. The fraction of sp³-hybridized carbons (Fsp3) is 0.500. The van der Waals surface area contributed by atoms with Gasteiger partial charge in [-0.25, -0.2) is 0 Å². The summed E-state index contributed by atoms with van der Waals surface area (Å²) in [4.78, 5) is 0. The zero-order valence-corrected chi connectivity index (χ0v) is 9.20. The second-order valence-corrected chi connectivity index (χ2v) is 3.27. The van der Waals surface area contributed by atoms with Crippen LogP contribution in [0.3, 0.4) is 0 Å². The molecule has 0 aliphatic rings. The first-order valence-electron chi connectivity index (χ1n) is 5.39. The van der Waals surface area contributed by atoms with Crippen molar-refractivity contribution in [3.8, 4) is 0 Å². The Bertz CT molecular complexity index is 276. The van der Waals surface area contributed by atoms with Crippen LogP contribution in [0.2, 0.25) is 0 Å². The number of hydrogen-bond acceptors (Lipinski definition) is 3. The Kier molecular flexibility index (Phi) is 5.81. The molecule has 0 saturated heterocycles. The molecule has 0 radical (unpaired) electrons. The first-order valence-corrected chi connectivity index (χ1v) is 5.39. The van der Waals surface area contributed by atoms with Crippen molar-refractivity contribution in [1.82, 2.24) is 0 Å². The predicted molar refractivity (Wildman–Crippen MR) is 62.2 cm³/mol. The molecule has 84 valence electrons. The number of ether oxygens (including phenoxy) is 1. The molecule has 0 unspecified atom stereocenters. The summed E-state index contributed by atoms with van der Waals surface area (Å²) in [5.74, 6) is 0. The summed E-state index contributed by atoms with van der Waals surface area (Å²) in [6, 6.07) is 8.27. The third kappa shape index (κ3) is 4.32. The van der Waals surface area contributed by atoms with Crippen LogP contribution in [-0.2, 0) is 11.2 Å². The van der Waals surface area contributed by atoms with Gasteiger partial charge >= 0.3 is 0 Å². The van der Waals surface area contributed by atoms with Gasteiger partial charge in [-0.3, -0.25) is 0 Å². The van der Waals surface area contributed by atoms with E-state index in [-0.39, 0.29) is 6.61 Å². The molecule has 15 heavy (non-hydrogen) atoms. The number of aryl methyl sites for hydroxylation is 1. The lowest BCUT2D eigenvalue weighted by Gasteiger charge is -2.10. The molecule has 3 heteroatoms. The Morgan fingerprint density at radius 3 is 2.80 bits per heavy atom. The standard InChI is InChI=1S/C12H19NO2/c1-2-11-5-3-4-6-12(11)13-7-9-15-10-8-14/h3-6,13-14H,2,7-10H2,1H3. The molecule has 1 aromatic rings. The van der Waals surface area contributed by atoms with Crippen molar-refractivity contribution in [3.63, 3.8) is 0 Å². The van der Waals surface area contributed by atoms with E-state index in [2.05, 4.69) is 24.4 Å². The molecule has 0 saturated carbocycles. The summed E-state index contributed by atoms with van der Waals surface area (Å²) >= 11 is 0. The van der Waals surface area contributed by atoms with Gasteiger partial charge < -0.3 is 15.2 Å². The van der Waals surface area contributed by atoms with Gasteiger partial charge in [0.1, 0.15) is 0 Å². The van der Waals surface area contributed by atoms with Crippen LogP contribution in [0.25, 0.3) is 0 Å². The average Bonchev–Trinajstić information content (AvgIpc) is 2.29. The molecule has 2 N–H and O–H groups in total. The maximum atomic E-state index is 8.52. The molecule has 1 aromatic carbocycles. The monoisotopic (exact) mass is 209 g/mol. The summed E-state index contributed by atoms with van der Waals surface area (Å²) < 4.78 is 5.17. The molecule has 0 atom stereocenters. The number of hydrogen-bond donors (Lipinski definition) is 2. The van der Waals surface area contributed by atoms with Crippen molar-refractivity contribution >= 4 is 5.69 Å². The molecular weight excluding hydrogens is 190 g/mol. The molecule has 0 spiro atoms. The molecule has 3 nitrogen and oxygen atoms in total. The van der Waals surface area contributed by atoms with E-state index < -0.39 is 0 Å². The Hall–Kier alpha value is -1.06. The third-order valence-corrected chi connectivity index (χ3v) is 2.20. The second kappa shape index (κ2) is 7.26. The van der Waals surface area contributed by atoms with Gasteiger partial charge in [-0.15, -0.1) is 0 Å². The van der Waals surface area contributed by atoms with Crippen LogP contribution in [0.5, 0.6) is 0 Å². The highest BCUT2D eigenvalue weighted by Crippen LogP contribution is 2.14. The molecule has 0 aromatic heterocycles. The Morgan fingerprint density at radius 1 is 1.27 bits per heavy atom. The topological polar surface area (TPSA) is 41.5 Å². The molecule has 0 aliphatic carbocycles. The lowest BCUT2D eigenvalue weighted by molar-refractivity contribution is 0.0992. The van der Waals surface area contributed by atoms with Gasteiger partial charge in [-0.1, -0.05) is 25.1 Å². The van der Waals surface area contributed by atoms with Gasteiger partial charge in [0, 0.05) is 12.2 Å². The van der Waals surface area contributed by atoms with Gasteiger partial charge in [-0.2, -0.15) is 0 Å². The van der Waals surface area contributed by atoms with Gasteiger partial charge in [-0.05, 0) is 18.1 Å². The minimum absolute atomic E-state index is 0.0888. The lowest BCUT2D eigenvalue weighted by atomic mass is 10.1. The lowest BCUT2D eigenvalue weighted by Crippen LogP contribution is -2.12. The summed E-state index contributed by atoms with van der Waals surface area (Å²) in [6.07, 6.45) is 1.03. The largest absolute Gasteiger partial charge is 0.394 e. The van der Waals surface area contributed by atoms with Gasteiger partial charge in [0.2, 0.25) is 0 Å². The zero-order valence-electron chi connectivity index (χ0n) is 9.20. The highest BCUT2D eigenvalue weighted by atomic mass is 16.5. The van der Waals surface area contributed by atoms with Crippen molar-refractivity contribution < 1.29 is 9.84 Å². The predicted octanol–water partition coefficient (Wildman–Crippen LogP) is 1.67. The first kappa shape index (κ1) is 12.0. The number of rotatable bonds is 7. The number of anilines is 1. The highest BCUT2D eigenvalue weighted by molar-refractivity contribution is 5.50.